The highest BCUT2D eigenvalue weighted by Crippen LogP contribution is 2.38. The van der Waals surface area contributed by atoms with Crippen molar-refractivity contribution in [2.75, 3.05) is 5.32 Å². The van der Waals surface area contributed by atoms with E-state index in [1.165, 1.54) is 18.4 Å². The van der Waals surface area contributed by atoms with Gasteiger partial charge in [-0.15, -0.1) is 0 Å². The summed E-state index contributed by atoms with van der Waals surface area (Å²) >= 11 is 5.85. The van der Waals surface area contributed by atoms with E-state index >= 15 is 0 Å². The van der Waals surface area contributed by atoms with Gasteiger partial charge in [0.1, 0.15) is 11.6 Å². The number of benzene rings is 1. The van der Waals surface area contributed by atoms with Gasteiger partial charge in [-0.2, -0.15) is 0 Å². The third-order valence-corrected chi connectivity index (χ3v) is 3.26. The quantitative estimate of drug-likeness (QED) is 0.911. The smallest absolute Gasteiger partial charge is 0.133 e. The van der Waals surface area contributed by atoms with E-state index in [2.05, 4.69) is 15.3 Å². The van der Waals surface area contributed by atoms with Crippen LogP contribution in [0.1, 0.15) is 30.1 Å². The predicted molar refractivity (Wildman–Crippen MR) is 72.8 cm³/mol. The second-order valence-corrected chi connectivity index (χ2v) is 4.99. The van der Waals surface area contributed by atoms with Crippen LogP contribution in [0.3, 0.4) is 0 Å². The van der Waals surface area contributed by atoms with Crippen molar-refractivity contribution < 1.29 is 0 Å². The van der Waals surface area contributed by atoms with Crippen LogP contribution in [0, 0.1) is 0 Å². The van der Waals surface area contributed by atoms with Crippen molar-refractivity contribution in [3.05, 3.63) is 52.9 Å². The average molecular weight is 260 g/mol. The zero-order valence-corrected chi connectivity index (χ0v) is 10.7. The number of nitrogens with zero attached hydrogens (tertiary/aromatic N) is 2. The summed E-state index contributed by atoms with van der Waals surface area (Å²) in [6.45, 7) is 0.748. The summed E-state index contributed by atoms with van der Waals surface area (Å²) in [5, 5.41) is 4.07. The first-order valence-corrected chi connectivity index (χ1v) is 6.50. The average Bonchev–Trinajstić information content (AvgIpc) is 3.23. The highest BCUT2D eigenvalue weighted by Gasteiger charge is 2.26. The zero-order valence-electron chi connectivity index (χ0n) is 9.94. The lowest BCUT2D eigenvalue weighted by Gasteiger charge is -2.06. The molecule has 1 N–H and O–H groups in total. The highest BCUT2D eigenvalue weighted by atomic mass is 35.5. The van der Waals surface area contributed by atoms with E-state index in [-0.39, 0.29) is 0 Å². The minimum atomic E-state index is 0.585. The van der Waals surface area contributed by atoms with Crippen molar-refractivity contribution in [1.82, 2.24) is 9.97 Å². The molecule has 3 rings (SSSR count). The Balaban J connectivity index is 1.65. The summed E-state index contributed by atoms with van der Waals surface area (Å²) in [6.07, 6.45) is 4.27. The Kier molecular flexibility index (Phi) is 3.15. The summed E-state index contributed by atoms with van der Waals surface area (Å²) in [5.41, 5.74) is 1.19. The van der Waals surface area contributed by atoms with Crippen LogP contribution in [-0.4, -0.2) is 9.97 Å². The first-order chi connectivity index (χ1) is 8.81. The van der Waals surface area contributed by atoms with E-state index in [0.29, 0.717) is 5.92 Å². The number of hydrogen-bond donors (Lipinski definition) is 1. The zero-order chi connectivity index (χ0) is 12.4. The van der Waals surface area contributed by atoms with Crippen molar-refractivity contribution in [1.29, 1.82) is 0 Å². The van der Waals surface area contributed by atoms with Gasteiger partial charge in [-0.25, -0.2) is 9.97 Å². The minimum absolute atomic E-state index is 0.585. The molecule has 92 valence electrons. The van der Waals surface area contributed by atoms with Gasteiger partial charge in [0.25, 0.3) is 0 Å². The molecule has 1 aliphatic rings. The molecule has 18 heavy (non-hydrogen) atoms. The molecule has 0 saturated heterocycles. The second kappa shape index (κ2) is 4.94. The van der Waals surface area contributed by atoms with Gasteiger partial charge in [0.2, 0.25) is 0 Å². The van der Waals surface area contributed by atoms with E-state index in [0.717, 1.165) is 23.2 Å². The van der Waals surface area contributed by atoms with Crippen LogP contribution in [0.4, 0.5) is 5.82 Å². The largest absolute Gasteiger partial charge is 0.366 e. The number of anilines is 1. The predicted octanol–water partition coefficient (Wildman–Crippen LogP) is 3.62. The Bertz CT molecular complexity index is 535. The molecule has 4 heteroatoms. The van der Waals surface area contributed by atoms with Crippen LogP contribution in [-0.2, 0) is 6.54 Å². The number of hydrogen-bond acceptors (Lipinski definition) is 3. The molecule has 1 aliphatic carbocycles. The summed E-state index contributed by atoms with van der Waals surface area (Å²) in [7, 11) is 0. The lowest BCUT2D eigenvalue weighted by atomic mass is 10.2. The second-order valence-electron chi connectivity index (χ2n) is 4.55. The maximum absolute atomic E-state index is 5.85. The monoisotopic (exact) mass is 259 g/mol. The Morgan fingerprint density at radius 2 is 1.94 bits per heavy atom. The molecule has 2 aromatic rings. The molecule has 0 spiro atoms. The lowest BCUT2D eigenvalue weighted by molar-refractivity contribution is 0.921. The summed E-state index contributed by atoms with van der Waals surface area (Å²) in [5.74, 6) is 2.44. The normalized spacial score (nSPS) is 14.5. The maximum Gasteiger partial charge on any atom is 0.133 e. The van der Waals surface area contributed by atoms with Gasteiger partial charge in [-0.3, -0.25) is 0 Å². The molecule has 1 heterocycles. The van der Waals surface area contributed by atoms with Crippen molar-refractivity contribution in [2.45, 2.75) is 25.3 Å². The van der Waals surface area contributed by atoms with E-state index in [1.807, 2.05) is 36.5 Å². The number of nitrogens with one attached hydrogen (secondary N) is 1. The Morgan fingerprint density at radius 3 is 2.67 bits per heavy atom. The molecule has 0 bridgehead atoms. The molecular weight excluding hydrogens is 246 g/mol. The van der Waals surface area contributed by atoms with Gasteiger partial charge in [0.05, 0.1) is 0 Å². The fraction of sp³-hybridized carbons (Fsp3) is 0.286. The first-order valence-electron chi connectivity index (χ1n) is 6.12. The standard InChI is InChI=1S/C14H14ClN3/c15-12-5-1-10(2-6-12)9-17-13-7-8-16-14(18-13)11-3-4-11/h1-2,5-8,11H,3-4,9H2,(H,16,17,18). The molecule has 0 amide bonds. The third-order valence-electron chi connectivity index (χ3n) is 3.00. The summed E-state index contributed by atoms with van der Waals surface area (Å²) < 4.78 is 0. The van der Waals surface area contributed by atoms with E-state index < -0.39 is 0 Å². The molecule has 1 aromatic carbocycles. The Morgan fingerprint density at radius 1 is 1.17 bits per heavy atom. The Labute approximate surface area is 111 Å². The van der Waals surface area contributed by atoms with Gasteiger partial charge < -0.3 is 5.32 Å². The molecule has 0 atom stereocenters. The van der Waals surface area contributed by atoms with Crippen molar-refractivity contribution in [3.63, 3.8) is 0 Å². The molecule has 3 nitrogen and oxygen atoms in total. The van der Waals surface area contributed by atoms with E-state index in [4.69, 9.17) is 11.6 Å². The lowest BCUT2D eigenvalue weighted by Crippen LogP contribution is -2.03. The van der Waals surface area contributed by atoms with Crippen LogP contribution in [0.25, 0.3) is 0 Å². The van der Waals surface area contributed by atoms with Gasteiger partial charge in [-0.1, -0.05) is 23.7 Å². The maximum atomic E-state index is 5.85. The van der Waals surface area contributed by atoms with Gasteiger partial charge in [0.15, 0.2) is 0 Å². The van der Waals surface area contributed by atoms with Gasteiger partial charge >= 0.3 is 0 Å². The number of halogens is 1. The molecule has 1 aromatic heterocycles. The van der Waals surface area contributed by atoms with E-state index in [1.54, 1.807) is 0 Å². The van der Waals surface area contributed by atoms with Crippen LogP contribution in [0.2, 0.25) is 5.02 Å². The van der Waals surface area contributed by atoms with Crippen LogP contribution in [0.15, 0.2) is 36.5 Å². The fourth-order valence-corrected chi connectivity index (χ4v) is 1.93. The highest BCUT2D eigenvalue weighted by molar-refractivity contribution is 6.30. The Hall–Kier alpha value is -1.61. The SMILES string of the molecule is Clc1ccc(CNc2ccnc(C3CC3)n2)cc1. The molecule has 0 aliphatic heterocycles. The fourth-order valence-electron chi connectivity index (χ4n) is 1.81. The molecule has 1 fully saturated rings. The van der Waals surface area contributed by atoms with Gasteiger partial charge in [0, 0.05) is 23.7 Å². The summed E-state index contributed by atoms with van der Waals surface area (Å²) in [4.78, 5) is 8.82. The molecular formula is C14H14ClN3. The van der Waals surface area contributed by atoms with Crippen LogP contribution < -0.4 is 5.32 Å². The molecule has 0 unspecified atom stereocenters. The van der Waals surface area contributed by atoms with Crippen molar-refractivity contribution >= 4 is 17.4 Å². The van der Waals surface area contributed by atoms with Crippen LogP contribution >= 0.6 is 11.6 Å². The molecule has 1 saturated carbocycles. The summed E-state index contributed by atoms with van der Waals surface area (Å²) in [6, 6.07) is 9.72. The molecule has 0 radical (unpaired) electrons. The number of rotatable bonds is 4. The van der Waals surface area contributed by atoms with Gasteiger partial charge in [-0.05, 0) is 36.6 Å². The third kappa shape index (κ3) is 2.79. The van der Waals surface area contributed by atoms with E-state index in [9.17, 15) is 0 Å². The number of aromatic nitrogens is 2. The van der Waals surface area contributed by atoms with Crippen LogP contribution in [0.5, 0.6) is 0 Å². The topological polar surface area (TPSA) is 37.8 Å². The first kappa shape index (κ1) is 11.5. The van der Waals surface area contributed by atoms with Crippen molar-refractivity contribution in [2.24, 2.45) is 0 Å². The van der Waals surface area contributed by atoms with Crippen molar-refractivity contribution in [3.8, 4) is 0 Å². The minimum Gasteiger partial charge on any atom is -0.366 e.